The van der Waals surface area contributed by atoms with E-state index < -0.39 is 79.8 Å². The highest BCUT2D eigenvalue weighted by Gasteiger charge is 3.00. The van der Waals surface area contributed by atoms with Crippen LogP contribution in [0.25, 0.3) is 0 Å². The Bertz CT molecular complexity index is 1090. The Morgan fingerprint density at radius 1 is 0.420 bits per heavy atom. The Kier molecular flexibility index (Phi) is 14.0. The fourth-order valence-electron chi connectivity index (χ4n) is 2.98. The third-order valence-electron chi connectivity index (χ3n) is 5.84. The molecule has 5 nitrogen and oxygen atoms in total. The summed E-state index contributed by atoms with van der Waals surface area (Å²) < 4.78 is 352. The number of ether oxygens (including phenoxy) is 1. The van der Waals surface area contributed by atoms with Crippen molar-refractivity contribution in [3.8, 4) is 0 Å². The fourth-order valence-corrected chi connectivity index (χ4v) is 4.79. The molecule has 0 aliphatic rings. The number of rotatable bonds is 15. The Labute approximate surface area is 261 Å². The number of halogens is 25. The zero-order valence-electron chi connectivity index (χ0n) is 24.2. The van der Waals surface area contributed by atoms with Crippen LogP contribution in [0.5, 0.6) is 0 Å². The van der Waals surface area contributed by atoms with Crippen molar-refractivity contribution < 1.29 is 133 Å². The van der Waals surface area contributed by atoms with Gasteiger partial charge in [-0.3, -0.25) is 4.79 Å². The van der Waals surface area contributed by atoms with Crippen molar-refractivity contribution in [1.29, 1.82) is 0 Å². The monoisotopic (exact) mass is 828 g/mol. The topological polar surface area (TPSA) is 54.0 Å². The van der Waals surface area contributed by atoms with E-state index in [1.54, 1.807) is 6.92 Å². The van der Waals surface area contributed by atoms with Gasteiger partial charge in [0.05, 0.1) is 6.61 Å². The van der Waals surface area contributed by atoms with Crippen molar-refractivity contribution in [2.45, 2.75) is 84.8 Å². The molecule has 0 aromatic carbocycles. The van der Waals surface area contributed by atoms with Crippen LogP contribution in [0, 0.1) is 0 Å². The molecule has 0 saturated heterocycles. The molecule has 0 amide bonds. The quantitative estimate of drug-likeness (QED) is 0.0942. The van der Waals surface area contributed by atoms with Gasteiger partial charge in [0.2, 0.25) is 0 Å². The molecule has 0 bridgehead atoms. The lowest BCUT2D eigenvalue weighted by molar-refractivity contribution is -0.481. The summed E-state index contributed by atoms with van der Waals surface area (Å²) >= 11 is 0. The first-order valence-corrected chi connectivity index (χ1v) is 13.2. The van der Waals surface area contributed by atoms with Gasteiger partial charge in [0.25, 0.3) is 0 Å². The van der Waals surface area contributed by atoms with E-state index in [4.69, 9.17) is 0 Å². The van der Waals surface area contributed by atoms with Crippen LogP contribution in [-0.2, 0) is 22.8 Å². The molecule has 0 atom stereocenters. The Hall–Kier alpha value is -2.18. The highest BCUT2D eigenvalue weighted by atomic mass is 28.4. The lowest BCUT2D eigenvalue weighted by atomic mass is 9.85. The second-order valence-corrected chi connectivity index (χ2v) is 11.9. The molecule has 0 rings (SSSR count). The Balaban J connectivity index is 0. The summed E-state index contributed by atoms with van der Waals surface area (Å²) in [5, 5.41) is 0. The molecular formula is C19H17F25O5Si. The van der Waals surface area contributed by atoms with Crippen molar-refractivity contribution in [3.05, 3.63) is 0 Å². The number of esters is 1. The second kappa shape index (κ2) is 14.0. The zero-order chi connectivity index (χ0) is 41.6. The van der Waals surface area contributed by atoms with Crippen molar-refractivity contribution in [2.24, 2.45) is 0 Å². The molecule has 0 fully saturated rings. The summed E-state index contributed by atoms with van der Waals surface area (Å²) in [4.78, 5) is 9.82. The summed E-state index contributed by atoms with van der Waals surface area (Å²) in [7, 11) is -7.58. The van der Waals surface area contributed by atoms with Crippen molar-refractivity contribution in [3.63, 3.8) is 0 Å². The molecule has 0 aromatic rings. The van der Waals surface area contributed by atoms with Gasteiger partial charge in [-0.15, -0.1) is 0 Å². The second-order valence-electron chi connectivity index (χ2n) is 8.91. The number of alkyl halides is 25. The maximum absolute atomic E-state index is 14.2. The van der Waals surface area contributed by atoms with Gasteiger partial charge in [0.1, 0.15) is 0 Å². The number of hydrogen-bond donors (Lipinski definition) is 0. The first-order valence-electron chi connectivity index (χ1n) is 11.5. The van der Waals surface area contributed by atoms with Gasteiger partial charge in [0, 0.05) is 28.3 Å². The van der Waals surface area contributed by atoms with Crippen LogP contribution >= 0.6 is 0 Å². The van der Waals surface area contributed by atoms with Crippen LogP contribution in [0.4, 0.5) is 110 Å². The summed E-state index contributed by atoms with van der Waals surface area (Å²) in [6, 6.07) is 0. The molecule has 0 radical (unpaired) electrons. The van der Waals surface area contributed by atoms with E-state index in [1.165, 1.54) is 6.92 Å². The highest BCUT2D eigenvalue weighted by Crippen LogP contribution is 2.68. The summed E-state index contributed by atoms with van der Waals surface area (Å²) in [6.45, 7) is 3.65. The van der Waals surface area contributed by atoms with E-state index >= 15 is 0 Å². The lowest BCUT2D eigenvalue weighted by Gasteiger charge is -2.46. The minimum absolute atomic E-state index is 0.205. The van der Waals surface area contributed by atoms with Crippen LogP contribution in [0.3, 0.4) is 0 Å². The standard InChI is InChI=1S/C15H9F25O3Si.C4H8O2/c1-41-44(42-2,43-3)15(39,40)13(34,35)11(30,31)9(26,27)7(22,23)5(18,19)4(16,17)6(20,21)8(24,25)10(28,29)12(32,33)14(36,37)38;1-3-6-4(2)5/h1-3H3;3H2,1-2H3. The minimum atomic E-state index is -9.64. The predicted octanol–water partition coefficient (Wildman–Crippen LogP) is 8.52. The van der Waals surface area contributed by atoms with Crippen LogP contribution in [0.15, 0.2) is 0 Å². The average Bonchev–Trinajstić information content (AvgIpc) is 2.92. The smallest absolute Gasteiger partial charge is 0.466 e. The third kappa shape index (κ3) is 6.63. The van der Waals surface area contributed by atoms with E-state index in [-0.39, 0.29) is 27.3 Å². The first kappa shape index (κ1) is 49.9. The molecule has 31 heteroatoms. The highest BCUT2D eigenvalue weighted by molar-refractivity contribution is 6.63. The van der Waals surface area contributed by atoms with Gasteiger partial charge in [-0.2, -0.15) is 110 Å². The van der Waals surface area contributed by atoms with Crippen molar-refractivity contribution in [1.82, 2.24) is 0 Å². The third-order valence-corrected chi connectivity index (χ3v) is 8.53. The van der Waals surface area contributed by atoms with Gasteiger partial charge in [0.15, 0.2) is 0 Å². The Morgan fingerprint density at radius 2 is 0.620 bits per heavy atom. The van der Waals surface area contributed by atoms with Crippen LogP contribution in [0.2, 0.25) is 0 Å². The first-order chi connectivity index (χ1) is 21.5. The van der Waals surface area contributed by atoms with E-state index in [2.05, 4.69) is 18.0 Å². The molecular weight excluding hydrogens is 811 g/mol. The SMILES string of the molecule is CCOC(C)=O.CO[Si](OC)(OC)C(F)(F)C(F)(F)C(F)(F)C(F)(F)C(F)(F)C(F)(F)C(F)(F)C(F)(F)C(F)(F)C(F)(F)C(F)(F)C(F)(F)F. The van der Waals surface area contributed by atoms with Crippen LogP contribution < -0.4 is 0 Å². The largest absolute Gasteiger partial charge is 0.581 e. The van der Waals surface area contributed by atoms with Crippen molar-refractivity contribution in [2.75, 3.05) is 27.9 Å². The molecule has 302 valence electrons. The molecule has 0 spiro atoms. The van der Waals surface area contributed by atoms with E-state index in [0.717, 1.165) is 0 Å². The van der Waals surface area contributed by atoms with Crippen LogP contribution in [-0.4, -0.2) is 114 Å². The van der Waals surface area contributed by atoms with E-state index in [9.17, 15) is 115 Å². The summed E-state index contributed by atoms with van der Waals surface area (Å²) in [6.07, 6.45) is -8.19. The number of carbonyl (C=O) groups is 1. The van der Waals surface area contributed by atoms with Gasteiger partial charge in [-0.25, -0.2) is 0 Å². The predicted molar refractivity (Wildman–Crippen MR) is 110 cm³/mol. The molecule has 0 N–H and O–H groups in total. The van der Waals surface area contributed by atoms with Gasteiger partial charge < -0.3 is 18.0 Å². The summed E-state index contributed by atoms with van der Waals surface area (Å²) in [5.41, 5.74) is -7.25. The molecule has 0 saturated carbocycles. The normalized spacial score (nSPS) is 15.8. The molecule has 0 heterocycles. The maximum Gasteiger partial charge on any atom is 0.581 e. The van der Waals surface area contributed by atoms with E-state index in [1.807, 2.05) is 0 Å². The molecule has 0 unspecified atom stereocenters. The molecule has 0 aromatic heterocycles. The van der Waals surface area contributed by atoms with E-state index in [0.29, 0.717) is 6.61 Å². The number of carbonyl (C=O) groups excluding carboxylic acids is 1. The van der Waals surface area contributed by atoms with Gasteiger partial charge in [-0.1, -0.05) is 0 Å². The minimum Gasteiger partial charge on any atom is -0.466 e. The number of hydrogen-bond acceptors (Lipinski definition) is 5. The van der Waals surface area contributed by atoms with Crippen LogP contribution in [0.1, 0.15) is 13.8 Å². The fraction of sp³-hybridized carbons (Fsp3) is 0.947. The Morgan fingerprint density at radius 3 is 0.760 bits per heavy atom. The van der Waals surface area contributed by atoms with Gasteiger partial charge in [-0.05, 0) is 6.92 Å². The zero-order valence-corrected chi connectivity index (χ0v) is 25.2. The van der Waals surface area contributed by atoms with Gasteiger partial charge >= 0.3 is 85.7 Å². The maximum atomic E-state index is 14.2. The lowest BCUT2D eigenvalue weighted by Crippen LogP contribution is -2.80. The molecule has 0 aliphatic carbocycles. The molecule has 0 aliphatic heterocycles. The van der Waals surface area contributed by atoms with Crippen molar-refractivity contribution >= 4 is 14.8 Å². The molecule has 50 heavy (non-hydrogen) atoms. The summed E-state index contributed by atoms with van der Waals surface area (Å²) in [5.74, 6) is -92.4. The average molecular weight is 828 g/mol.